The number of nitrogens with one attached hydrogen (secondary N) is 1. The van der Waals surface area contributed by atoms with E-state index in [1.807, 2.05) is 42.5 Å². The first-order valence-corrected chi connectivity index (χ1v) is 9.92. The first-order valence-electron chi connectivity index (χ1n) is 9.92. The normalized spacial score (nSPS) is 14.7. The van der Waals surface area contributed by atoms with Gasteiger partial charge in [0, 0.05) is 25.2 Å². The fourth-order valence-electron chi connectivity index (χ4n) is 3.81. The first kappa shape index (κ1) is 19.1. The molecule has 0 aromatic heterocycles. The number of amides is 2. The zero-order valence-electron chi connectivity index (χ0n) is 16.1. The molecular weight excluding hydrogens is 367 g/mol. The monoisotopic (exact) mass is 390 g/mol. The average molecular weight is 390 g/mol. The van der Waals surface area contributed by atoms with E-state index in [4.69, 9.17) is 0 Å². The number of likely N-dealkylation sites (tertiary alicyclic amines) is 1. The molecule has 3 aromatic carbocycles. The maximum absolute atomic E-state index is 13.8. The van der Waals surface area contributed by atoms with Gasteiger partial charge >= 0.3 is 0 Å². The third-order valence-electron chi connectivity index (χ3n) is 5.57. The van der Waals surface area contributed by atoms with Gasteiger partial charge < -0.3 is 10.2 Å². The van der Waals surface area contributed by atoms with Gasteiger partial charge in [0.1, 0.15) is 5.82 Å². The predicted octanol–water partition coefficient (Wildman–Crippen LogP) is 4.26. The smallest absolute Gasteiger partial charge is 0.256 e. The molecule has 4 rings (SSSR count). The maximum Gasteiger partial charge on any atom is 0.256 e. The fraction of sp³-hybridized carbons (Fsp3) is 0.250. The summed E-state index contributed by atoms with van der Waals surface area (Å²) < 4.78 is 13.8. The number of hydrogen-bond donors (Lipinski definition) is 1. The minimum absolute atomic E-state index is 0.0828. The summed E-state index contributed by atoms with van der Waals surface area (Å²) in [6, 6.07) is 19.7. The molecule has 1 heterocycles. The van der Waals surface area contributed by atoms with Gasteiger partial charge in [-0.15, -0.1) is 0 Å². The van der Waals surface area contributed by atoms with E-state index in [9.17, 15) is 14.0 Å². The third-order valence-corrected chi connectivity index (χ3v) is 5.57. The van der Waals surface area contributed by atoms with Crippen LogP contribution in [0.3, 0.4) is 0 Å². The molecule has 1 saturated heterocycles. The fourth-order valence-corrected chi connectivity index (χ4v) is 3.81. The Morgan fingerprint density at radius 1 is 0.931 bits per heavy atom. The number of carbonyl (C=O) groups is 2. The second kappa shape index (κ2) is 8.43. The molecule has 1 N–H and O–H groups in total. The molecule has 0 radical (unpaired) electrons. The summed E-state index contributed by atoms with van der Waals surface area (Å²) in [6.45, 7) is 1.72. The number of piperidine rings is 1. The summed E-state index contributed by atoms with van der Waals surface area (Å²) in [5.41, 5.74) is 0.770. The van der Waals surface area contributed by atoms with Crippen molar-refractivity contribution < 1.29 is 14.0 Å². The second-order valence-corrected chi connectivity index (χ2v) is 7.49. The molecule has 4 nitrogen and oxygen atoms in total. The van der Waals surface area contributed by atoms with Crippen molar-refractivity contribution in [1.82, 2.24) is 10.2 Å². The van der Waals surface area contributed by atoms with Crippen molar-refractivity contribution in [2.75, 3.05) is 19.6 Å². The highest BCUT2D eigenvalue weighted by Crippen LogP contribution is 2.20. The minimum Gasteiger partial charge on any atom is -0.352 e. The molecule has 0 spiro atoms. The molecule has 0 saturated carbocycles. The van der Waals surface area contributed by atoms with Gasteiger partial charge in [0.15, 0.2) is 0 Å². The topological polar surface area (TPSA) is 49.4 Å². The lowest BCUT2D eigenvalue weighted by Gasteiger charge is -2.32. The van der Waals surface area contributed by atoms with Gasteiger partial charge in [-0.1, -0.05) is 42.5 Å². The van der Waals surface area contributed by atoms with Crippen LogP contribution in [-0.4, -0.2) is 36.3 Å². The molecule has 5 heteroatoms. The highest BCUT2D eigenvalue weighted by Gasteiger charge is 2.25. The number of halogens is 1. The van der Waals surface area contributed by atoms with Crippen LogP contribution in [-0.2, 0) is 0 Å². The van der Waals surface area contributed by atoms with E-state index in [2.05, 4.69) is 5.32 Å². The third kappa shape index (κ3) is 4.29. The van der Waals surface area contributed by atoms with Gasteiger partial charge in [0.25, 0.3) is 11.8 Å². The molecule has 1 aliphatic rings. The Labute approximate surface area is 169 Å². The molecule has 29 heavy (non-hydrogen) atoms. The number of nitrogens with zero attached hydrogens (tertiary/aromatic N) is 1. The van der Waals surface area contributed by atoms with Crippen LogP contribution < -0.4 is 5.32 Å². The molecule has 2 amide bonds. The Kier molecular flexibility index (Phi) is 5.56. The van der Waals surface area contributed by atoms with E-state index in [-0.39, 0.29) is 17.4 Å². The lowest BCUT2D eigenvalue weighted by Crippen LogP contribution is -2.41. The lowest BCUT2D eigenvalue weighted by molar-refractivity contribution is 0.0679. The van der Waals surface area contributed by atoms with Crippen LogP contribution in [0.25, 0.3) is 10.8 Å². The number of carbonyl (C=O) groups excluding carboxylic acids is 2. The zero-order valence-corrected chi connectivity index (χ0v) is 16.1. The average Bonchev–Trinajstić information content (AvgIpc) is 2.77. The first-order chi connectivity index (χ1) is 14.1. The molecule has 1 aliphatic heterocycles. The Bertz CT molecular complexity index is 1040. The molecule has 0 unspecified atom stereocenters. The zero-order chi connectivity index (χ0) is 20.2. The van der Waals surface area contributed by atoms with Crippen LogP contribution in [0.5, 0.6) is 0 Å². The second-order valence-electron chi connectivity index (χ2n) is 7.49. The Morgan fingerprint density at radius 3 is 2.38 bits per heavy atom. The summed E-state index contributed by atoms with van der Waals surface area (Å²) in [5.74, 6) is -0.520. The molecule has 1 fully saturated rings. The van der Waals surface area contributed by atoms with Gasteiger partial charge in [-0.05, 0) is 53.8 Å². The summed E-state index contributed by atoms with van der Waals surface area (Å²) in [7, 11) is 0. The van der Waals surface area contributed by atoms with E-state index < -0.39 is 5.82 Å². The van der Waals surface area contributed by atoms with Crippen LogP contribution in [0.4, 0.5) is 4.39 Å². The standard InChI is InChI=1S/C24H23FN2O2/c25-22-8-4-3-7-21(22)24(29)27-13-11-17(12-14-27)16-26-23(28)20-10-9-18-5-1-2-6-19(18)15-20/h1-10,15,17H,11-14,16H2,(H,26,28). The minimum atomic E-state index is -0.484. The Balaban J connectivity index is 1.30. The Morgan fingerprint density at radius 2 is 1.62 bits per heavy atom. The van der Waals surface area contributed by atoms with E-state index in [1.165, 1.54) is 12.1 Å². The summed E-state index contributed by atoms with van der Waals surface area (Å²) in [6.07, 6.45) is 1.58. The summed E-state index contributed by atoms with van der Waals surface area (Å²) >= 11 is 0. The van der Waals surface area contributed by atoms with E-state index >= 15 is 0 Å². The molecule has 0 atom stereocenters. The van der Waals surface area contributed by atoms with Crippen molar-refractivity contribution in [1.29, 1.82) is 0 Å². The number of benzene rings is 3. The summed E-state index contributed by atoms with van der Waals surface area (Å²) in [5, 5.41) is 5.16. The Hall–Kier alpha value is -3.21. The van der Waals surface area contributed by atoms with Crippen LogP contribution in [0.2, 0.25) is 0 Å². The maximum atomic E-state index is 13.8. The van der Waals surface area contributed by atoms with Crippen LogP contribution >= 0.6 is 0 Å². The van der Waals surface area contributed by atoms with Crippen molar-refractivity contribution in [3.8, 4) is 0 Å². The molecule has 3 aromatic rings. The van der Waals surface area contributed by atoms with Crippen LogP contribution in [0.1, 0.15) is 33.6 Å². The lowest BCUT2D eigenvalue weighted by atomic mass is 9.96. The number of hydrogen-bond acceptors (Lipinski definition) is 2. The molecule has 0 aliphatic carbocycles. The van der Waals surface area contributed by atoms with Gasteiger partial charge in [0.05, 0.1) is 5.56 Å². The van der Waals surface area contributed by atoms with Gasteiger partial charge in [-0.2, -0.15) is 0 Å². The van der Waals surface area contributed by atoms with Gasteiger partial charge in [0.2, 0.25) is 0 Å². The predicted molar refractivity (Wildman–Crippen MR) is 111 cm³/mol. The van der Waals surface area contributed by atoms with Crippen molar-refractivity contribution >= 4 is 22.6 Å². The number of fused-ring (bicyclic) bond motifs is 1. The number of rotatable bonds is 4. The SMILES string of the molecule is O=C(NCC1CCN(C(=O)c2ccccc2F)CC1)c1ccc2ccccc2c1. The van der Waals surface area contributed by atoms with E-state index in [0.717, 1.165) is 23.6 Å². The highest BCUT2D eigenvalue weighted by atomic mass is 19.1. The molecule has 0 bridgehead atoms. The summed E-state index contributed by atoms with van der Waals surface area (Å²) in [4.78, 5) is 26.7. The van der Waals surface area contributed by atoms with Gasteiger partial charge in [-0.25, -0.2) is 4.39 Å². The van der Waals surface area contributed by atoms with Gasteiger partial charge in [-0.3, -0.25) is 9.59 Å². The van der Waals surface area contributed by atoms with Crippen LogP contribution in [0, 0.1) is 11.7 Å². The largest absolute Gasteiger partial charge is 0.352 e. The van der Waals surface area contributed by atoms with Crippen molar-refractivity contribution in [3.05, 3.63) is 83.7 Å². The van der Waals surface area contributed by atoms with Crippen LogP contribution in [0.15, 0.2) is 66.7 Å². The van der Waals surface area contributed by atoms with Crippen molar-refractivity contribution in [2.24, 2.45) is 5.92 Å². The molecule has 148 valence electrons. The van der Waals surface area contributed by atoms with E-state index in [0.29, 0.717) is 31.1 Å². The van der Waals surface area contributed by atoms with Crippen molar-refractivity contribution in [3.63, 3.8) is 0 Å². The highest BCUT2D eigenvalue weighted by molar-refractivity contribution is 5.98. The molecular formula is C24H23FN2O2. The van der Waals surface area contributed by atoms with E-state index in [1.54, 1.807) is 17.0 Å². The quantitative estimate of drug-likeness (QED) is 0.724. The van der Waals surface area contributed by atoms with Crippen molar-refractivity contribution in [2.45, 2.75) is 12.8 Å².